The number of hydrogen-bond acceptors (Lipinski definition) is 10. The van der Waals surface area contributed by atoms with Crippen LogP contribution in [0.15, 0.2) is 127 Å². The Bertz CT molecular complexity index is 2160. The predicted molar refractivity (Wildman–Crippen MR) is 243 cm³/mol. The summed E-state index contributed by atoms with van der Waals surface area (Å²) in [6, 6.07) is 30.8. The van der Waals surface area contributed by atoms with Gasteiger partial charge in [-0.3, -0.25) is 9.88 Å². The molecular formula is C52H63N3O8. The first-order valence-electron chi connectivity index (χ1n) is 22.7. The van der Waals surface area contributed by atoms with E-state index in [2.05, 4.69) is 23.7 Å². The Hall–Kier alpha value is -5.49. The van der Waals surface area contributed by atoms with Gasteiger partial charge in [0.15, 0.2) is 0 Å². The SMILES string of the molecule is C=CCOC12Oc3ccc(OCc4cccc(C)n4)cc3C3C(CCCCO)C(CCCCO)C=C(C(=NOCc4ccccc4)CC1N(CCC)C(=O)OCc1ccccc1)C32. The smallest absolute Gasteiger partial charge is 0.410 e. The number of aliphatic hydroxyl groups is 2. The average molecular weight is 858 g/mol. The van der Waals surface area contributed by atoms with Gasteiger partial charge in [-0.05, 0) is 97.9 Å². The molecule has 3 aliphatic rings. The molecule has 0 bridgehead atoms. The second-order valence-corrected chi connectivity index (χ2v) is 16.8. The molecule has 63 heavy (non-hydrogen) atoms. The number of nitrogens with zero attached hydrogens (tertiary/aromatic N) is 3. The Labute approximate surface area is 372 Å². The molecule has 3 aromatic carbocycles. The van der Waals surface area contributed by atoms with Gasteiger partial charge in [0.05, 0.1) is 23.9 Å². The fourth-order valence-corrected chi connectivity index (χ4v) is 9.75. The molecule has 0 saturated heterocycles. The second kappa shape index (κ2) is 22.2. The predicted octanol–water partition coefficient (Wildman–Crippen LogP) is 9.85. The minimum absolute atomic E-state index is 0.0712. The highest BCUT2D eigenvalue weighted by molar-refractivity contribution is 6.03. The topological polar surface area (TPSA) is 132 Å². The number of aliphatic hydroxyl groups excluding tert-OH is 2. The lowest BCUT2D eigenvalue weighted by Crippen LogP contribution is -2.70. The van der Waals surface area contributed by atoms with E-state index in [1.54, 1.807) is 11.0 Å². The number of amides is 1. The molecule has 1 fully saturated rings. The van der Waals surface area contributed by atoms with E-state index in [1.165, 1.54) is 0 Å². The van der Waals surface area contributed by atoms with E-state index in [9.17, 15) is 15.0 Å². The lowest BCUT2D eigenvalue weighted by Gasteiger charge is -2.59. The van der Waals surface area contributed by atoms with Crippen LogP contribution in [0.5, 0.6) is 11.5 Å². The van der Waals surface area contributed by atoms with Crippen molar-refractivity contribution in [1.82, 2.24) is 9.88 Å². The summed E-state index contributed by atoms with van der Waals surface area (Å²) in [5.41, 5.74) is 6.30. The first-order chi connectivity index (χ1) is 30.9. The summed E-state index contributed by atoms with van der Waals surface area (Å²) >= 11 is 0. The zero-order valence-corrected chi connectivity index (χ0v) is 36.8. The van der Waals surface area contributed by atoms with Gasteiger partial charge in [0.25, 0.3) is 0 Å². The highest BCUT2D eigenvalue weighted by atomic mass is 16.7. The number of unbranched alkanes of at least 4 members (excludes halogenated alkanes) is 2. The number of carbonyl (C=O) groups is 1. The number of fused-ring (bicyclic) bond motifs is 2. The van der Waals surface area contributed by atoms with Gasteiger partial charge in [0, 0.05) is 43.4 Å². The monoisotopic (exact) mass is 857 g/mol. The number of aromatic nitrogens is 1. The lowest BCUT2D eigenvalue weighted by molar-refractivity contribution is -0.255. The normalized spacial score (nSPS) is 22.8. The largest absolute Gasteiger partial charge is 0.487 e. The van der Waals surface area contributed by atoms with Gasteiger partial charge in [0.1, 0.15) is 37.4 Å². The number of rotatable bonds is 22. The van der Waals surface area contributed by atoms with Gasteiger partial charge in [-0.1, -0.05) is 104 Å². The van der Waals surface area contributed by atoms with E-state index in [1.807, 2.05) is 105 Å². The lowest BCUT2D eigenvalue weighted by atomic mass is 9.55. The van der Waals surface area contributed by atoms with E-state index in [0.717, 1.165) is 65.0 Å². The Kier molecular flexibility index (Phi) is 16.1. The molecule has 1 saturated carbocycles. The molecule has 6 unspecified atom stereocenters. The molecule has 1 aliphatic heterocycles. The van der Waals surface area contributed by atoms with E-state index in [4.69, 9.17) is 28.9 Å². The highest BCUT2D eigenvalue weighted by Crippen LogP contribution is 2.62. The van der Waals surface area contributed by atoms with Crippen LogP contribution < -0.4 is 9.47 Å². The van der Waals surface area contributed by atoms with E-state index in [0.29, 0.717) is 43.9 Å². The Morgan fingerprint density at radius 2 is 1.65 bits per heavy atom. The molecule has 2 aliphatic carbocycles. The summed E-state index contributed by atoms with van der Waals surface area (Å²) in [4.78, 5) is 27.3. The fraction of sp³-hybridized carbons (Fsp3) is 0.442. The van der Waals surface area contributed by atoms with Crippen molar-refractivity contribution < 1.29 is 38.8 Å². The number of oxime groups is 1. The van der Waals surface area contributed by atoms with Crippen molar-refractivity contribution in [2.24, 2.45) is 22.9 Å². The van der Waals surface area contributed by atoms with E-state index in [-0.39, 0.29) is 57.2 Å². The van der Waals surface area contributed by atoms with Crippen molar-refractivity contribution in [3.05, 3.63) is 149 Å². The molecule has 334 valence electrons. The first kappa shape index (κ1) is 45.5. The van der Waals surface area contributed by atoms with E-state index >= 15 is 0 Å². The van der Waals surface area contributed by atoms with Gasteiger partial charge in [-0.25, -0.2) is 4.79 Å². The van der Waals surface area contributed by atoms with Crippen LogP contribution in [0.25, 0.3) is 0 Å². The standard InChI is InChI=1S/C52H63N3O8/c1-4-27-55(51(58)60-34-38-18-8-6-9-19-38)48-33-46(54-62-35-39-20-10-7-11-21-39)44-31-40(22-12-14-28-56)43(24-13-15-29-57)49-45-32-42(59-36-41-23-16-17-37(3)53-41)25-26-47(45)63-52(48,50(44)49)61-30-5-2/h5-11,16-21,23,25-26,31-32,40,43,48-50,56-57H,2,4,12-15,22,24,27-30,33-36H2,1,3H3. The van der Waals surface area contributed by atoms with Crippen LogP contribution in [-0.2, 0) is 34.1 Å². The molecule has 11 heteroatoms. The molecule has 2 N–H and O–H groups in total. The summed E-state index contributed by atoms with van der Waals surface area (Å²) in [7, 11) is 0. The van der Waals surface area contributed by atoms with Crippen LogP contribution >= 0.6 is 0 Å². The summed E-state index contributed by atoms with van der Waals surface area (Å²) in [5.74, 6) is -0.531. The number of carbonyl (C=O) groups excluding carboxylic acids is 1. The minimum Gasteiger partial charge on any atom is -0.487 e. The van der Waals surface area contributed by atoms with Crippen molar-refractivity contribution in [1.29, 1.82) is 0 Å². The number of pyridine rings is 1. The molecule has 7 rings (SSSR count). The second-order valence-electron chi connectivity index (χ2n) is 16.8. The summed E-state index contributed by atoms with van der Waals surface area (Å²) in [6.45, 7) is 9.51. The fourth-order valence-electron chi connectivity index (χ4n) is 9.75. The van der Waals surface area contributed by atoms with Crippen LogP contribution in [0.4, 0.5) is 4.79 Å². The Morgan fingerprint density at radius 1 is 0.921 bits per heavy atom. The third-order valence-electron chi connectivity index (χ3n) is 12.5. The van der Waals surface area contributed by atoms with Gasteiger partial charge < -0.3 is 34.0 Å². The number of allylic oxidation sites excluding steroid dienone is 1. The van der Waals surface area contributed by atoms with Gasteiger partial charge in [-0.2, -0.15) is 0 Å². The molecule has 0 radical (unpaired) electrons. The third-order valence-corrected chi connectivity index (χ3v) is 12.5. The zero-order valence-electron chi connectivity index (χ0n) is 36.8. The average Bonchev–Trinajstić information content (AvgIpc) is 3.30. The zero-order chi connectivity index (χ0) is 44.0. The maximum atomic E-state index is 14.6. The summed E-state index contributed by atoms with van der Waals surface area (Å²) in [5, 5.41) is 24.9. The Morgan fingerprint density at radius 3 is 2.35 bits per heavy atom. The van der Waals surface area contributed by atoms with Crippen LogP contribution in [0, 0.1) is 24.7 Å². The third kappa shape index (κ3) is 10.8. The number of hydrogen-bond donors (Lipinski definition) is 2. The molecule has 6 atom stereocenters. The minimum atomic E-state index is -1.39. The first-order valence-corrected chi connectivity index (χ1v) is 22.7. The molecular weight excluding hydrogens is 795 g/mol. The van der Waals surface area contributed by atoms with Crippen LogP contribution in [-0.4, -0.2) is 70.1 Å². The number of aryl methyl sites for hydroxylation is 1. The van der Waals surface area contributed by atoms with Crippen molar-refractivity contribution in [3.8, 4) is 11.5 Å². The Balaban J connectivity index is 1.39. The molecule has 11 nitrogen and oxygen atoms in total. The molecule has 4 aromatic rings. The molecule has 2 heterocycles. The van der Waals surface area contributed by atoms with Gasteiger partial charge >= 0.3 is 6.09 Å². The highest BCUT2D eigenvalue weighted by Gasteiger charge is 2.65. The maximum Gasteiger partial charge on any atom is 0.410 e. The number of ether oxygens (including phenoxy) is 4. The number of benzene rings is 3. The van der Waals surface area contributed by atoms with Crippen molar-refractivity contribution in [3.63, 3.8) is 0 Å². The van der Waals surface area contributed by atoms with Crippen molar-refractivity contribution >= 4 is 11.8 Å². The molecule has 1 aromatic heterocycles. The molecule has 0 spiro atoms. The van der Waals surface area contributed by atoms with Gasteiger partial charge in [0.2, 0.25) is 5.79 Å². The van der Waals surface area contributed by atoms with Crippen LogP contribution in [0.2, 0.25) is 0 Å². The summed E-state index contributed by atoms with van der Waals surface area (Å²) in [6.07, 6.45) is 9.22. The summed E-state index contributed by atoms with van der Waals surface area (Å²) < 4.78 is 27.1. The molecule has 1 amide bonds. The van der Waals surface area contributed by atoms with E-state index < -0.39 is 23.8 Å². The van der Waals surface area contributed by atoms with Crippen molar-refractivity contribution in [2.45, 2.75) is 103 Å². The quantitative estimate of drug-likeness (QED) is 0.0451. The van der Waals surface area contributed by atoms with Crippen molar-refractivity contribution in [2.75, 3.05) is 26.4 Å². The van der Waals surface area contributed by atoms with Gasteiger partial charge in [-0.15, -0.1) is 6.58 Å². The van der Waals surface area contributed by atoms with Crippen LogP contribution in [0.1, 0.15) is 92.3 Å². The maximum absolute atomic E-state index is 14.6. The van der Waals surface area contributed by atoms with Crippen LogP contribution in [0.3, 0.4) is 0 Å².